The van der Waals surface area contributed by atoms with E-state index in [-0.39, 0.29) is 10.7 Å². The van der Waals surface area contributed by atoms with Crippen LogP contribution >= 0.6 is 11.3 Å². The van der Waals surface area contributed by atoms with Crippen LogP contribution in [0.4, 0.5) is 22.0 Å². The van der Waals surface area contributed by atoms with Crippen molar-refractivity contribution in [2.45, 2.75) is 6.18 Å². The summed E-state index contributed by atoms with van der Waals surface area (Å²) >= 11 is 0.587. The molecule has 0 bridgehead atoms. The summed E-state index contributed by atoms with van der Waals surface area (Å²) in [4.78, 5) is 6.65. The third-order valence-electron chi connectivity index (χ3n) is 2.10. The second-order valence-electron chi connectivity index (χ2n) is 3.32. The molecule has 0 aliphatic heterocycles. The van der Waals surface area contributed by atoms with Gasteiger partial charge in [0.25, 0.3) is 0 Å². The van der Waals surface area contributed by atoms with Crippen LogP contribution in [0.5, 0.6) is 5.88 Å². The van der Waals surface area contributed by atoms with Gasteiger partial charge < -0.3 is 4.74 Å². The van der Waals surface area contributed by atoms with Crippen LogP contribution in [0.15, 0.2) is 12.1 Å². The first-order valence-electron chi connectivity index (χ1n) is 4.77. The van der Waals surface area contributed by atoms with Gasteiger partial charge in [0.1, 0.15) is 0 Å². The third-order valence-corrected chi connectivity index (χ3v) is 2.97. The molecule has 0 N–H and O–H groups in total. The van der Waals surface area contributed by atoms with E-state index >= 15 is 0 Å². The molecular formula is C10H5F5N2OS. The van der Waals surface area contributed by atoms with Gasteiger partial charge in [-0.2, -0.15) is 31.9 Å². The van der Waals surface area contributed by atoms with Crippen molar-refractivity contribution >= 4 is 11.3 Å². The number of alkyl halides is 3. The summed E-state index contributed by atoms with van der Waals surface area (Å²) in [5, 5.41) is -0.585. The highest BCUT2D eigenvalue weighted by molar-refractivity contribution is 7.13. The molecular weight excluding hydrogens is 291 g/mol. The van der Waals surface area contributed by atoms with Gasteiger partial charge in [-0.3, -0.25) is 0 Å². The lowest BCUT2D eigenvalue weighted by molar-refractivity contribution is -0.142. The highest BCUT2D eigenvalue weighted by Crippen LogP contribution is 2.38. The van der Waals surface area contributed by atoms with Crippen LogP contribution in [0.1, 0.15) is 5.56 Å². The fraction of sp³-hybridized carbons (Fsp3) is 0.200. The van der Waals surface area contributed by atoms with Crippen LogP contribution in [0.2, 0.25) is 0 Å². The standard InChI is InChI=1S/C10H5F5N2OS/c1-18-9-6(10(13,14)15)7(12)16-8(17-9)4-2-3-5(11)19-4/h2-3H,1H3. The summed E-state index contributed by atoms with van der Waals surface area (Å²) in [5.41, 5.74) is -1.68. The van der Waals surface area contributed by atoms with Crippen molar-refractivity contribution in [3.63, 3.8) is 0 Å². The van der Waals surface area contributed by atoms with Crippen molar-refractivity contribution in [3.05, 3.63) is 28.8 Å². The fourth-order valence-electron chi connectivity index (χ4n) is 1.34. The predicted molar refractivity (Wildman–Crippen MR) is 56.8 cm³/mol. The minimum atomic E-state index is -4.98. The SMILES string of the molecule is COc1nc(-c2ccc(F)s2)nc(F)c1C(F)(F)F. The highest BCUT2D eigenvalue weighted by atomic mass is 32.1. The van der Waals surface area contributed by atoms with Gasteiger partial charge in [0.05, 0.1) is 12.0 Å². The molecule has 0 amide bonds. The zero-order valence-electron chi connectivity index (χ0n) is 9.26. The minimum absolute atomic E-state index is 0.100. The van der Waals surface area contributed by atoms with Gasteiger partial charge in [-0.15, -0.1) is 11.3 Å². The molecule has 19 heavy (non-hydrogen) atoms. The van der Waals surface area contributed by atoms with Gasteiger partial charge in [-0.25, -0.2) is 0 Å². The van der Waals surface area contributed by atoms with Crippen LogP contribution in [-0.4, -0.2) is 17.1 Å². The summed E-state index contributed by atoms with van der Waals surface area (Å²) < 4.78 is 68.4. The normalized spacial score (nSPS) is 11.7. The molecule has 3 nitrogen and oxygen atoms in total. The lowest BCUT2D eigenvalue weighted by atomic mass is 10.3. The quantitative estimate of drug-likeness (QED) is 0.628. The maximum absolute atomic E-state index is 13.4. The molecule has 0 radical (unpaired) electrons. The monoisotopic (exact) mass is 296 g/mol. The average molecular weight is 296 g/mol. The van der Waals surface area contributed by atoms with Crippen molar-refractivity contribution in [2.24, 2.45) is 0 Å². The van der Waals surface area contributed by atoms with Crippen LogP contribution < -0.4 is 4.74 Å². The molecule has 2 aromatic rings. The van der Waals surface area contributed by atoms with E-state index in [1.54, 1.807) is 0 Å². The number of aromatic nitrogens is 2. The zero-order valence-corrected chi connectivity index (χ0v) is 10.1. The van der Waals surface area contributed by atoms with E-state index < -0.39 is 28.7 Å². The molecule has 9 heteroatoms. The second-order valence-corrected chi connectivity index (χ2v) is 4.36. The van der Waals surface area contributed by atoms with E-state index in [0.717, 1.165) is 13.2 Å². The Morgan fingerprint density at radius 1 is 1.16 bits per heavy atom. The lowest BCUT2D eigenvalue weighted by Crippen LogP contribution is -2.14. The highest BCUT2D eigenvalue weighted by Gasteiger charge is 2.40. The van der Waals surface area contributed by atoms with Gasteiger partial charge >= 0.3 is 6.18 Å². The van der Waals surface area contributed by atoms with Gasteiger partial charge in [-0.05, 0) is 12.1 Å². The number of rotatable bonds is 2. The van der Waals surface area contributed by atoms with Crippen molar-refractivity contribution in [2.75, 3.05) is 7.11 Å². The first-order valence-corrected chi connectivity index (χ1v) is 5.59. The molecule has 0 aromatic carbocycles. The summed E-state index contributed by atoms with van der Waals surface area (Å²) in [5.74, 6) is -3.07. The number of thiophene rings is 1. The Morgan fingerprint density at radius 2 is 1.84 bits per heavy atom. The molecule has 0 saturated heterocycles. The smallest absolute Gasteiger partial charge is 0.426 e. The van der Waals surface area contributed by atoms with Crippen LogP contribution in [-0.2, 0) is 6.18 Å². The molecule has 0 spiro atoms. The Bertz CT molecular complexity index is 610. The minimum Gasteiger partial charge on any atom is -0.480 e. The van der Waals surface area contributed by atoms with Gasteiger partial charge in [-0.1, -0.05) is 0 Å². The molecule has 102 valence electrons. The Labute approximate surface area is 107 Å². The van der Waals surface area contributed by atoms with Gasteiger partial charge in [0, 0.05) is 0 Å². The van der Waals surface area contributed by atoms with Crippen molar-refractivity contribution < 1.29 is 26.7 Å². The van der Waals surface area contributed by atoms with Crippen molar-refractivity contribution in [1.29, 1.82) is 0 Å². The maximum atomic E-state index is 13.4. The van der Waals surface area contributed by atoms with E-state index in [4.69, 9.17) is 0 Å². The number of nitrogens with zero attached hydrogens (tertiary/aromatic N) is 2. The molecule has 2 rings (SSSR count). The maximum Gasteiger partial charge on any atom is 0.426 e. The number of hydrogen-bond donors (Lipinski definition) is 0. The summed E-state index contributed by atoms with van der Waals surface area (Å²) in [6.07, 6.45) is -4.98. The van der Waals surface area contributed by atoms with E-state index in [1.165, 1.54) is 6.07 Å². The number of halogens is 5. The van der Waals surface area contributed by atoms with Crippen molar-refractivity contribution in [1.82, 2.24) is 9.97 Å². The third kappa shape index (κ3) is 2.65. The van der Waals surface area contributed by atoms with Crippen LogP contribution in [0.3, 0.4) is 0 Å². The fourth-order valence-corrected chi connectivity index (χ4v) is 2.01. The summed E-state index contributed by atoms with van der Waals surface area (Å²) in [6.45, 7) is 0. The van der Waals surface area contributed by atoms with Gasteiger partial charge in [0.2, 0.25) is 11.8 Å². The topological polar surface area (TPSA) is 35.0 Å². The Kier molecular flexibility index (Phi) is 3.40. The van der Waals surface area contributed by atoms with E-state index in [2.05, 4.69) is 14.7 Å². The number of ether oxygens (including phenoxy) is 1. The van der Waals surface area contributed by atoms with Crippen LogP contribution in [0, 0.1) is 11.1 Å². The second kappa shape index (κ2) is 4.72. The van der Waals surface area contributed by atoms with Crippen molar-refractivity contribution in [3.8, 4) is 16.6 Å². The summed E-state index contributed by atoms with van der Waals surface area (Å²) in [6, 6.07) is 2.31. The Balaban J connectivity index is 2.60. The molecule has 0 aliphatic rings. The van der Waals surface area contributed by atoms with E-state index in [9.17, 15) is 22.0 Å². The van der Waals surface area contributed by atoms with Crippen LogP contribution in [0.25, 0.3) is 10.7 Å². The number of methoxy groups -OCH3 is 1. The lowest BCUT2D eigenvalue weighted by Gasteiger charge is -2.11. The average Bonchev–Trinajstić information content (AvgIpc) is 2.73. The Hall–Kier alpha value is -1.77. The predicted octanol–water partition coefficient (Wildman–Crippen LogP) is 3.51. The van der Waals surface area contributed by atoms with E-state index in [0.29, 0.717) is 11.3 Å². The summed E-state index contributed by atoms with van der Waals surface area (Å²) in [7, 11) is 0.926. The first kappa shape index (κ1) is 13.7. The largest absolute Gasteiger partial charge is 0.480 e. The van der Waals surface area contributed by atoms with Gasteiger partial charge in [0.15, 0.2) is 16.5 Å². The first-order chi connectivity index (χ1) is 8.82. The molecule has 0 fully saturated rings. The Morgan fingerprint density at radius 3 is 2.32 bits per heavy atom. The molecule has 0 atom stereocenters. The van der Waals surface area contributed by atoms with E-state index in [1.807, 2.05) is 0 Å². The molecule has 0 unspecified atom stereocenters. The molecule has 2 heterocycles. The molecule has 0 saturated carbocycles. The molecule has 0 aliphatic carbocycles. The number of hydrogen-bond acceptors (Lipinski definition) is 4. The molecule has 2 aromatic heterocycles. The zero-order chi connectivity index (χ0) is 14.2.